The van der Waals surface area contributed by atoms with Gasteiger partial charge in [0.2, 0.25) is 17.7 Å². The van der Waals surface area contributed by atoms with Crippen molar-refractivity contribution in [3.8, 4) is 0 Å². The van der Waals surface area contributed by atoms with Gasteiger partial charge in [-0.15, -0.1) is 24.9 Å². The minimum atomic E-state index is -0.774. The summed E-state index contributed by atoms with van der Waals surface area (Å²) < 4.78 is 4.75. The van der Waals surface area contributed by atoms with Crippen LogP contribution < -0.4 is 0 Å². The first kappa shape index (κ1) is 33.7. The molecule has 10 heteroatoms. The Bertz CT molecular complexity index is 1240. The van der Waals surface area contributed by atoms with Crippen molar-refractivity contribution in [2.45, 2.75) is 55.8 Å². The molecule has 4 fully saturated rings. The lowest BCUT2D eigenvalue weighted by Gasteiger charge is -2.43. The number of likely N-dealkylation sites (tertiary alicyclic amines) is 1. The highest BCUT2D eigenvalue weighted by Crippen LogP contribution is 2.69. The van der Waals surface area contributed by atoms with Crippen LogP contribution in [-0.2, 0) is 25.7 Å². The van der Waals surface area contributed by atoms with E-state index in [0.29, 0.717) is 45.9 Å². The van der Waals surface area contributed by atoms with E-state index >= 15 is 0 Å². The van der Waals surface area contributed by atoms with Crippen LogP contribution in [0.3, 0.4) is 0 Å². The van der Waals surface area contributed by atoms with Gasteiger partial charge in [-0.2, -0.15) is 0 Å². The quantitative estimate of drug-likeness (QED) is 0.314. The predicted octanol–water partition coefficient (Wildman–Crippen LogP) is 2.90. The minimum absolute atomic E-state index is 0.0442. The van der Waals surface area contributed by atoms with E-state index in [2.05, 4.69) is 25.0 Å². The molecule has 4 saturated heterocycles. The highest BCUT2D eigenvalue weighted by Gasteiger charge is 2.77. The second kappa shape index (κ2) is 14.4. The molecule has 0 aromatic heterocycles. The second-order valence-electron chi connectivity index (χ2n) is 13.3. The van der Waals surface area contributed by atoms with Crippen LogP contribution in [0.25, 0.3) is 0 Å². The molecule has 1 N–H and O–H groups in total. The van der Waals surface area contributed by atoms with Crippen molar-refractivity contribution in [3.05, 3.63) is 61.2 Å². The lowest BCUT2D eigenvalue weighted by atomic mass is 9.65. The van der Waals surface area contributed by atoms with Gasteiger partial charge in [0.05, 0.1) is 42.4 Å². The zero-order valence-electron chi connectivity index (χ0n) is 27.1. The summed E-state index contributed by atoms with van der Waals surface area (Å²) in [4.78, 5) is 51.8. The fraction of sp³-hybridized carbons (Fsp3) is 0.629. The van der Waals surface area contributed by atoms with Crippen molar-refractivity contribution < 1.29 is 24.2 Å². The Hall–Kier alpha value is -2.66. The summed E-state index contributed by atoms with van der Waals surface area (Å²) in [5.41, 5.74) is 1.01. The topological polar surface area (TPSA) is 93.6 Å². The summed E-state index contributed by atoms with van der Waals surface area (Å²) >= 11 is 1.68. The van der Waals surface area contributed by atoms with Gasteiger partial charge < -0.3 is 24.5 Å². The van der Waals surface area contributed by atoms with Gasteiger partial charge in [0.25, 0.3) is 0 Å². The zero-order valence-corrected chi connectivity index (χ0v) is 27.9. The van der Waals surface area contributed by atoms with E-state index in [1.54, 1.807) is 33.7 Å². The van der Waals surface area contributed by atoms with Crippen LogP contribution in [0.4, 0.5) is 0 Å². The Kier molecular flexibility index (Phi) is 10.8. The van der Waals surface area contributed by atoms with Gasteiger partial charge in [0.1, 0.15) is 6.04 Å². The van der Waals surface area contributed by atoms with Gasteiger partial charge >= 0.3 is 0 Å². The third-order valence-electron chi connectivity index (χ3n) is 10.3. The largest absolute Gasteiger partial charge is 0.394 e. The highest BCUT2D eigenvalue weighted by molar-refractivity contribution is 8.02. The fourth-order valence-corrected chi connectivity index (χ4v) is 10.5. The standard InChI is InChI=1S/C35H50N4O5S/c1-6-13-37(16-15-36-17-19-44-20-18-36)34(43)31-35-25(5)21-28(45-35)29(30(35)33(42)39(31)27(23-40)24(3)4)32(41)38(14-7-2)22-26-11-9-8-10-12-26/h6-12,24-25,27-31,40H,1-2,13-23H2,3-5H3/t25?,27-,28-,29+,30-,31?,35?/m0/s1. The number of hydrogen-bond donors (Lipinski definition) is 1. The van der Waals surface area contributed by atoms with Gasteiger partial charge in [0, 0.05) is 51.1 Å². The molecule has 7 atom stereocenters. The molecule has 4 aliphatic rings. The van der Waals surface area contributed by atoms with Crippen LogP contribution in [0.5, 0.6) is 0 Å². The molecule has 0 aliphatic carbocycles. The lowest BCUT2D eigenvalue weighted by molar-refractivity contribution is -0.148. The SMILES string of the molecule is C=CCN(CCN1CCOCC1)C(=O)C1N([C@@H](CO)C(C)C)C(=O)[C@@H]2[C@H](C(=O)N(CC=C)Cc3ccccc3)[C@@H]3CC(C)C12S3. The van der Waals surface area contributed by atoms with E-state index in [1.165, 1.54) is 0 Å². The van der Waals surface area contributed by atoms with Gasteiger partial charge in [-0.1, -0.05) is 63.3 Å². The second-order valence-corrected chi connectivity index (χ2v) is 14.9. The molecule has 3 amide bonds. The molecule has 4 aliphatic heterocycles. The average molecular weight is 639 g/mol. The van der Waals surface area contributed by atoms with Crippen molar-refractivity contribution in [1.82, 2.24) is 19.6 Å². The van der Waals surface area contributed by atoms with Gasteiger partial charge in [0.15, 0.2) is 0 Å². The minimum Gasteiger partial charge on any atom is -0.394 e. The first-order valence-corrected chi connectivity index (χ1v) is 17.3. The number of rotatable bonds is 14. The van der Waals surface area contributed by atoms with Crippen LogP contribution in [0.1, 0.15) is 32.8 Å². The molecule has 2 bridgehead atoms. The molecule has 3 unspecified atom stereocenters. The van der Waals surface area contributed by atoms with Gasteiger partial charge in [-0.3, -0.25) is 19.3 Å². The van der Waals surface area contributed by atoms with E-state index < -0.39 is 28.7 Å². The van der Waals surface area contributed by atoms with Crippen LogP contribution in [0, 0.1) is 23.7 Å². The summed E-state index contributed by atoms with van der Waals surface area (Å²) in [6.45, 7) is 19.1. The van der Waals surface area contributed by atoms with Crippen LogP contribution in [0.15, 0.2) is 55.6 Å². The van der Waals surface area contributed by atoms with Crippen molar-refractivity contribution >= 4 is 29.5 Å². The maximum atomic E-state index is 14.9. The Morgan fingerprint density at radius 1 is 1.11 bits per heavy atom. The van der Waals surface area contributed by atoms with Crippen molar-refractivity contribution in [3.63, 3.8) is 0 Å². The lowest BCUT2D eigenvalue weighted by Crippen LogP contribution is -2.60. The Morgan fingerprint density at radius 3 is 2.40 bits per heavy atom. The molecule has 45 heavy (non-hydrogen) atoms. The average Bonchev–Trinajstić information content (AvgIpc) is 3.63. The van der Waals surface area contributed by atoms with E-state index in [4.69, 9.17) is 4.74 Å². The van der Waals surface area contributed by atoms with Gasteiger partial charge in [-0.05, 0) is 23.8 Å². The third kappa shape index (κ3) is 6.23. The van der Waals surface area contributed by atoms with Crippen molar-refractivity contribution in [2.75, 3.05) is 59.1 Å². The smallest absolute Gasteiger partial charge is 0.247 e. The summed E-state index contributed by atoms with van der Waals surface area (Å²) in [5, 5.41) is 10.6. The number of hydrogen-bond acceptors (Lipinski definition) is 7. The number of aliphatic hydroxyl groups is 1. The van der Waals surface area contributed by atoms with Gasteiger partial charge in [-0.25, -0.2) is 0 Å². The first-order chi connectivity index (χ1) is 21.7. The van der Waals surface area contributed by atoms with E-state index in [9.17, 15) is 19.5 Å². The molecule has 0 saturated carbocycles. The normalized spacial score (nSPS) is 29.9. The number of carbonyl (C=O) groups is 3. The van der Waals surface area contributed by atoms with E-state index in [-0.39, 0.29) is 41.4 Å². The Morgan fingerprint density at radius 2 is 1.78 bits per heavy atom. The number of ether oxygens (including phenoxy) is 1. The van der Waals surface area contributed by atoms with E-state index in [1.807, 2.05) is 49.1 Å². The molecular formula is C35H50N4O5S. The zero-order chi connectivity index (χ0) is 32.3. The summed E-state index contributed by atoms with van der Waals surface area (Å²) in [5.74, 6) is -1.56. The maximum Gasteiger partial charge on any atom is 0.247 e. The summed E-state index contributed by atoms with van der Waals surface area (Å²) in [6.07, 6.45) is 4.23. The molecule has 1 aromatic rings. The number of thioether (sulfide) groups is 1. The van der Waals surface area contributed by atoms with Crippen LogP contribution >= 0.6 is 11.8 Å². The van der Waals surface area contributed by atoms with Crippen molar-refractivity contribution in [2.24, 2.45) is 23.7 Å². The molecular weight excluding hydrogens is 588 g/mol. The number of amides is 3. The van der Waals surface area contributed by atoms with Crippen LogP contribution in [-0.4, -0.2) is 124 Å². The number of benzene rings is 1. The maximum absolute atomic E-state index is 14.9. The fourth-order valence-electron chi connectivity index (χ4n) is 8.11. The summed E-state index contributed by atoms with van der Waals surface area (Å²) in [6, 6.07) is 8.56. The predicted molar refractivity (Wildman–Crippen MR) is 177 cm³/mol. The number of aliphatic hydroxyl groups excluding tert-OH is 1. The Balaban J connectivity index is 1.51. The molecule has 5 rings (SSSR count). The number of nitrogens with zero attached hydrogens (tertiary/aromatic N) is 4. The van der Waals surface area contributed by atoms with Crippen LogP contribution in [0.2, 0.25) is 0 Å². The molecule has 0 radical (unpaired) electrons. The molecule has 9 nitrogen and oxygen atoms in total. The summed E-state index contributed by atoms with van der Waals surface area (Å²) in [7, 11) is 0. The highest BCUT2D eigenvalue weighted by atomic mass is 32.2. The molecule has 246 valence electrons. The Labute approximate surface area is 272 Å². The monoisotopic (exact) mass is 638 g/mol. The van der Waals surface area contributed by atoms with E-state index in [0.717, 1.165) is 25.1 Å². The van der Waals surface area contributed by atoms with Crippen molar-refractivity contribution in [1.29, 1.82) is 0 Å². The molecule has 1 aromatic carbocycles. The first-order valence-electron chi connectivity index (χ1n) is 16.4. The molecule has 1 spiro atoms. The number of morpholine rings is 1. The third-order valence-corrected chi connectivity index (χ3v) is 12.4. The molecule has 4 heterocycles. The number of fused-ring (bicyclic) bond motifs is 1. The number of carbonyl (C=O) groups excluding carboxylic acids is 3.